The summed E-state index contributed by atoms with van der Waals surface area (Å²) < 4.78 is 5.63. The van der Waals surface area contributed by atoms with Crippen molar-refractivity contribution in [1.29, 1.82) is 0 Å². The molecule has 2 aliphatic heterocycles. The molecule has 0 aliphatic carbocycles. The number of fused-ring (bicyclic) bond motifs is 1. The molecule has 3 heterocycles. The van der Waals surface area contributed by atoms with Gasteiger partial charge in [-0.25, -0.2) is 0 Å². The molecule has 36 heavy (non-hydrogen) atoms. The zero-order valence-electron chi connectivity index (χ0n) is 19.7. The van der Waals surface area contributed by atoms with Crippen LogP contribution in [0.25, 0.3) is 22.1 Å². The second-order valence-corrected chi connectivity index (χ2v) is 9.47. The van der Waals surface area contributed by atoms with Gasteiger partial charge in [-0.3, -0.25) is 19.8 Å². The Bertz CT molecular complexity index is 1430. The van der Waals surface area contributed by atoms with E-state index in [0.717, 1.165) is 48.1 Å². The molecule has 0 saturated carbocycles. The minimum Gasteiger partial charge on any atom is -0.400 e. The summed E-state index contributed by atoms with van der Waals surface area (Å²) in [5, 5.41) is 15.5. The van der Waals surface area contributed by atoms with E-state index in [1.54, 1.807) is 0 Å². The summed E-state index contributed by atoms with van der Waals surface area (Å²) in [6.07, 6.45) is 1.48. The van der Waals surface area contributed by atoms with E-state index in [1.165, 1.54) is 0 Å². The first kappa shape index (κ1) is 22.3. The molecule has 0 radical (unpaired) electrons. The molecule has 2 aliphatic rings. The van der Waals surface area contributed by atoms with Crippen LogP contribution in [0.3, 0.4) is 0 Å². The zero-order valence-corrected chi connectivity index (χ0v) is 19.7. The van der Waals surface area contributed by atoms with Gasteiger partial charge in [0.25, 0.3) is 0 Å². The molecule has 3 aromatic carbocycles. The fraction of sp³-hybridized carbons (Fsp3) is 0.250. The van der Waals surface area contributed by atoms with Crippen molar-refractivity contribution in [2.45, 2.75) is 24.9 Å². The minimum absolute atomic E-state index is 0.102. The lowest BCUT2D eigenvalue weighted by Crippen LogP contribution is -2.56. The highest BCUT2D eigenvalue weighted by Crippen LogP contribution is 2.41. The largest absolute Gasteiger partial charge is 0.442 e. The van der Waals surface area contributed by atoms with E-state index in [9.17, 15) is 14.9 Å². The van der Waals surface area contributed by atoms with Crippen LogP contribution in [0.1, 0.15) is 18.4 Å². The molecule has 8 nitrogen and oxygen atoms in total. The Morgan fingerprint density at radius 3 is 2.36 bits per heavy atom. The maximum Gasteiger partial charge on any atom is 0.442 e. The van der Waals surface area contributed by atoms with E-state index >= 15 is 0 Å². The normalized spacial score (nSPS) is 17.6. The van der Waals surface area contributed by atoms with E-state index in [0.29, 0.717) is 24.4 Å². The van der Waals surface area contributed by atoms with Crippen LogP contribution >= 0.6 is 0 Å². The molecule has 1 amide bonds. The number of hydrogen-bond acceptors (Lipinski definition) is 6. The quantitative estimate of drug-likeness (QED) is 0.320. The Balaban J connectivity index is 1.24. The van der Waals surface area contributed by atoms with Gasteiger partial charge in [0.1, 0.15) is 21.6 Å². The lowest BCUT2D eigenvalue weighted by atomic mass is 9.85. The molecule has 4 aromatic rings. The van der Waals surface area contributed by atoms with E-state index in [4.69, 9.17) is 4.42 Å². The van der Waals surface area contributed by atoms with Gasteiger partial charge in [0.05, 0.1) is 6.67 Å². The van der Waals surface area contributed by atoms with E-state index in [2.05, 4.69) is 27.2 Å². The molecule has 8 heteroatoms. The predicted octanol–water partition coefficient (Wildman–Crippen LogP) is 4.94. The van der Waals surface area contributed by atoms with Crippen molar-refractivity contribution in [2.24, 2.45) is 0 Å². The number of benzene rings is 3. The van der Waals surface area contributed by atoms with Gasteiger partial charge in [0, 0.05) is 30.7 Å². The summed E-state index contributed by atoms with van der Waals surface area (Å²) in [7, 11) is 0. The van der Waals surface area contributed by atoms with Crippen LogP contribution < -0.4 is 10.2 Å². The fourth-order valence-electron chi connectivity index (χ4n) is 5.61. The summed E-state index contributed by atoms with van der Waals surface area (Å²) in [6, 6.07) is 25.2. The maximum absolute atomic E-state index is 12.9. The monoisotopic (exact) mass is 482 g/mol. The fourth-order valence-corrected chi connectivity index (χ4v) is 5.61. The highest BCUT2D eigenvalue weighted by Gasteiger charge is 2.50. The maximum atomic E-state index is 12.9. The highest BCUT2D eigenvalue weighted by atomic mass is 16.6. The third-order valence-corrected chi connectivity index (χ3v) is 7.46. The number of hydrogen-bond donors (Lipinski definition) is 1. The first-order valence-electron chi connectivity index (χ1n) is 12.1. The van der Waals surface area contributed by atoms with Crippen molar-refractivity contribution in [3.8, 4) is 11.1 Å². The van der Waals surface area contributed by atoms with Gasteiger partial charge in [-0.05, 0) is 48.2 Å². The third-order valence-electron chi connectivity index (χ3n) is 7.46. The smallest absolute Gasteiger partial charge is 0.400 e. The van der Waals surface area contributed by atoms with Gasteiger partial charge in [0.2, 0.25) is 5.91 Å². The number of piperidine rings is 1. The molecule has 2 fully saturated rings. The molecular weight excluding hydrogens is 456 g/mol. The van der Waals surface area contributed by atoms with Gasteiger partial charge >= 0.3 is 5.88 Å². The van der Waals surface area contributed by atoms with Gasteiger partial charge < -0.3 is 14.6 Å². The summed E-state index contributed by atoms with van der Waals surface area (Å²) >= 11 is 0. The molecule has 6 rings (SSSR count). The molecule has 1 spiro atoms. The van der Waals surface area contributed by atoms with Crippen LogP contribution in [0.4, 0.5) is 11.6 Å². The SMILES string of the molecule is O=C1NCN(c2ccccc2)C12CCN(Cc1ccc3oc([N+](=O)[O-])c(-c4ccccc4)c3c1)CC2. The minimum atomic E-state index is -0.520. The second kappa shape index (κ2) is 8.80. The van der Waals surface area contributed by atoms with E-state index in [-0.39, 0.29) is 11.8 Å². The Morgan fingerprint density at radius 2 is 1.67 bits per heavy atom. The van der Waals surface area contributed by atoms with Crippen molar-refractivity contribution >= 4 is 28.4 Å². The van der Waals surface area contributed by atoms with Crippen molar-refractivity contribution < 1.29 is 14.1 Å². The number of furan rings is 1. The lowest BCUT2D eigenvalue weighted by Gasteiger charge is -2.43. The topological polar surface area (TPSA) is 91.9 Å². The van der Waals surface area contributed by atoms with Crippen LogP contribution in [-0.4, -0.2) is 41.0 Å². The van der Waals surface area contributed by atoms with Crippen LogP contribution in [-0.2, 0) is 11.3 Å². The van der Waals surface area contributed by atoms with Gasteiger partial charge in [-0.2, -0.15) is 0 Å². The summed E-state index contributed by atoms with van der Waals surface area (Å²) in [5.41, 5.74) is 3.37. The first-order valence-corrected chi connectivity index (χ1v) is 12.1. The van der Waals surface area contributed by atoms with Gasteiger partial charge in [0.15, 0.2) is 0 Å². The Kier molecular flexibility index (Phi) is 5.45. The molecule has 1 aromatic heterocycles. The number of amides is 1. The van der Waals surface area contributed by atoms with Crippen molar-refractivity contribution in [1.82, 2.24) is 10.2 Å². The van der Waals surface area contributed by atoms with Crippen molar-refractivity contribution in [3.05, 3.63) is 94.5 Å². The molecule has 2 saturated heterocycles. The standard InChI is InChI=1S/C28H26N4O4/c33-27-28(31(19-29-27)22-9-5-2-6-10-22)13-15-30(16-14-28)18-20-11-12-24-23(17-20)25(26(36-24)32(34)35)21-7-3-1-4-8-21/h1-12,17H,13-16,18-19H2,(H,29,33). The molecule has 1 N–H and O–H groups in total. The second-order valence-electron chi connectivity index (χ2n) is 9.47. The van der Waals surface area contributed by atoms with Crippen molar-refractivity contribution in [2.75, 3.05) is 24.7 Å². The highest BCUT2D eigenvalue weighted by molar-refractivity contribution is 5.99. The van der Waals surface area contributed by atoms with E-state index < -0.39 is 10.5 Å². The number of carbonyl (C=O) groups excluding carboxylic acids is 1. The van der Waals surface area contributed by atoms with Gasteiger partial charge in [-0.15, -0.1) is 0 Å². The molecule has 0 bridgehead atoms. The Morgan fingerprint density at radius 1 is 0.972 bits per heavy atom. The number of anilines is 1. The lowest BCUT2D eigenvalue weighted by molar-refractivity contribution is -0.400. The Labute approximate surface area is 208 Å². The zero-order chi connectivity index (χ0) is 24.7. The molecule has 0 unspecified atom stereocenters. The number of likely N-dealkylation sites (tertiary alicyclic amines) is 1. The third kappa shape index (κ3) is 3.70. The van der Waals surface area contributed by atoms with Crippen LogP contribution in [0.2, 0.25) is 0 Å². The first-order chi connectivity index (χ1) is 17.5. The summed E-state index contributed by atoms with van der Waals surface area (Å²) in [5.74, 6) is -0.132. The van der Waals surface area contributed by atoms with Crippen molar-refractivity contribution in [3.63, 3.8) is 0 Å². The average Bonchev–Trinajstić information content (AvgIpc) is 3.44. The number of nitrogens with one attached hydrogen (secondary N) is 1. The Hall–Kier alpha value is -4.17. The number of rotatable bonds is 5. The molecular formula is C28H26N4O4. The average molecular weight is 483 g/mol. The number of para-hydroxylation sites is 1. The number of carbonyl (C=O) groups is 1. The number of nitrogens with zero attached hydrogens (tertiary/aromatic N) is 3. The molecule has 182 valence electrons. The molecule has 0 atom stereocenters. The predicted molar refractivity (Wildman–Crippen MR) is 137 cm³/mol. The van der Waals surface area contributed by atoms with Crippen LogP contribution in [0.5, 0.6) is 0 Å². The van der Waals surface area contributed by atoms with Crippen LogP contribution in [0.15, 0.2) is 83.3 Å². The number of nitro groups is 1. The van der Waals surface area contributed by atoms with E-state index in [1.807, 2.05) is 66.7 Å². The summed E-state index contributed by atoms with van der Waals surface area (Å²) in [4.78, 5) is 28.7. The summed E-state index contributed by atoms with van der Waals surface area (Å²) in [6.45, 7) is 2.80. The van der Waals surface area contributed by atoms with Crippen LogP contribution in [0, 0.1) is 10.1 Å². The van der Waals surface area contributed by atoms with Gasteiger partial charge in [-0.1, -0.05) is 54.6 Å².